The van der Waals surface area contributed by atoms with E-state index in [-0.39, 0.29) is 0 Å². The van der Waals surface area contributed by atoms with Gasteiger partial charge in [-0.1, -0.05) is 0 Å². The molecule has 0 aromatic heterocycles. The summed E-state index contributed by atoms with van der Waals surface area (Å²) in [5.74, 6) is 1.76. The second-order valence-electron chi connectivity index (χ2n) is 3.40. The molecule has 1 heterocycles. The third-order valence-corrected chi connectivity index (χ3v) is 2.65. The lowest BCUT2D eigenvalue weighted by atomic mass is 9.76. The molecular weight excluding hydrogens is 168 g/mol. The van der Waals surface area contributed by atoms with Crippen molar-refractivity contribution < 1.29 is 14.6 Å². The molecule has 0 saturated carbocycles. The zero-order valence-corrected chi connectivity index (χ0v) is 7.58. The average Bonchev–Trinajstić information content (AvgIpc) is 2.16. The number of ether oxygens (including phenoxy) is 1. The van der Waals surface area contributed by atoms with E-state index in [2.05, 4.69) is 5.92 Å². The van der Waals surface area contributed by atoms with Crippen LogP contribution in [0, 0.1) is 17.8 Å². The number of hydrogen-bond acceptors (Lipinski definition) is 2. The Kier molecular flexibility index (Phi) is 3.32. The summed E-state index contributed by atoms with van der Waals surface area (Å²) in [5.41, 5.74) is -0.620. The molecule has 0 aromatic rings. The summed E-state index contributed by atoms with van der Waals surface area (Å²) in [6.07, 6.45) is 7.41. The minimum absolute atomic E-state index is 0.534. The van der Waals surface area contributed by atoms with Crippen LogP contribution in [0.3, 0.4) is 0 Å². The zero-order valence-electron chi connectivity index (χ0n) is 7.58. The molecule has 0 amide bonds. The molecule has 1 N–H and O–H groups in total. The molecule has 13 heavy (non-hydrogen) atoms. The monoisotopic (exact) mass is 182 g/mol. The lowest BCUT2D eigenvalue weighted by Crippen LogP contribution is -2.37. The number of terminal acetylenes is 1. The van der Waals surface area contributed by atoms with Gasteiger partial charge in [-0.05, 0) is 19.3 Å². The van der Waals surface area contributed by atoms with Gasteiger partial charge >= 0.3 is 5.97 Å². The maximum atomic E-state index is 11.1. The Morgan fingerprint density at radius 3 is 2.62 bits per heavy atom. The predicted octanol–water partition coefficient (Wildman–Crippen LogP) is 1.28. The predicted molar refractivity (Wildman–Crippen MR) is 48.2 cm³/mol. The van der Waals surface area contributed by atoms with Gasteiger partial charge in [0.2, 0.25) is 0 Å². The quantitative estimate of drug-likeness (QED) is 0.669. The topological polar surface area (TPSA) is 46.5 Å². The maximum absolute atomic E-state index is 11.1. The number of carboxylic acid groups (broad SMARTS) is 1. The standard InChI is InChI=1S/C10H14O3/c1-2-3-4-10(9(11)12)5-7-13-8-6-10/h1H,3-8H2,(H,11,12). The van der Waals surface area contributed by atoms with Crippen LogP contribution in [0.4, 0.5) is 0 Å². The molecule has 0 unspecified atom stereocenters. The minimum atomic E-state index is -0.731. The van der Waals surface area contributed by atoms with Crippen LogP contribution in [-0.4, -0.2) is 24.3 Å². The van der Waals surface area contributed by atoms with Gasteiger partial charge in [0.25, 0.3) is 0 Å². The van der Waals surface area contributed by atoms with Crippen LogP contribution >= 0.6 is 0 Å². The Labute approximate surface area is 78.1 Å². The van der Waals surface area contributed by atoms with E-state index in [0.29, 0.717) is 38.9 Å². The highest BCUT2D eigenvalue weighted by Crippen LogP contribution is 2.35. The zero-order chi connectivity index (χ0) is 9.73. The van der Waals surface area contributed by atoms with Crippen molar-refractivity contribution in [3.8, 4) is 12.3 Å². The molecule has 0 aliphatic carbocycles. The van der Waals surface area contributed by atoms with Gasteiger partial charge in [0.15, 0.2) is 0 Å². The molecule has 1 aliphatic rings. The molecule has 1 saturated heterocycles. The fourth-order valence-electron chi connectivity index (χ4n) is 1.64. The van der Waals surface area contributed by atoms with Gasteiger partial charge in [0.05, 0.1) is 5.41 Å². The first-order chi connectivity index (χ1) is 6.21. The second kappa shape index (κ2) is 4.29. The van der Waals surface area contributed by atoms with Crippen molar-refractivity contribution in [2.45, 2.75) is 25.7 Å². The Morgan fingerprint density at radius 1 is 1.54 bits per heavy atom. The largest absolute Gasteiger partial charge is 0.481 e. The second-order valence-corrected chi connectivity index (χ2v) is 3.40. The van der Waals surface area contributed by atoms with Gasteiger partial charge < -0.3 is 9.84 Å². The highest BCUT2D eigenvalue weighted by molar-refractivity contribution is 5.74. The van der Waals surface area contributed by atoms with Crippen LogP contribution in [0.15, 0.2) is 0 Å². The third kappa shape index (κ3) is 2.22. The summed E-state index contributed by atoms with van der Waals surface area (Å²) >= 11 is 0. The molecule has 0 atom stereocenters. The highest BCUT2D eigenvalue weighted by atomic mass is 16.5. The lowest BCUT2D eigenvalue weighted by Gasteiger charge is -2.32. The van der Waals surface area contributed by atoms with Crippen LogP contribution in [0.2, 0.25) is 0 Å². The fraction of sp³-hybridized carbons (Fsp3) is 0.700. The van der Waals surface area contributed by atoms with Crippen LogP contribution in [0.5, 0.6) is 0 Å². The van der Waals surface area contributed by atoms with Crippen molar-refractivity contribution in [1.29, 1.82) is 0 Å². The van der Waals surface area contributed by atoms with E-state index in [1.54, 1.807) is 0 Å². The van der Waals surface area contributed by atoms with Gasteiger partial charge in [0, 0.05) is 19.6 Å². The molecule has 1 rings (SSSR count). The molecular formula is C10H14O3. The summed E-state index contributed by atoms with van der Waals surface area (Å²) < 4.78 is 5.14. The first-order valence-corrected chi connectivity index (χ1v) is 4.46. The number of hydrogen-bond donors (Lipinski definition) is 1. The molecule has 3 heteroatoms. The highest BCUT2D eigenvalue weighted by Gasteiger charge is 2.39. The van der Waals surface area contributed by atoms with Crippen LogP contribution < -0.4 is 0 Å². The number of aliphatic carboxylic acids is 1. The molecule has 0 radical (unpaired) electrons. The van der Waals surface area contributed by atoms with Crippen LogP contribution in [-0.2, 0) is 9.53 Å². The van der Waals surface area contributed by atoms with Crippen molar-refractivity contribution in [3.05, 3.63) is 0 Å². The minimum Gasteiger partial charge on any atom is -0.481 e. The number of carboxylic acids is 1. The maximum Gasteiger partial charge on any atom is 0.309 e. The van der Waals surface area contributed by atoms with Crippen LogP contribution in [0.25, 0.3) is 0 Å². The van der Waals surface area contributed by atoms with E-state index in [1.165, 1.54) is 0 Å². The number of carbonyl (C=O) groups is 1. The SMILES string of the molecule is C#CCCC1(C(=O)O)CCOCC1. The molecule has 0 spiro atoms. The Bertz CT molecular complexity index is 221. The first kappa shape index (κ1) is 10.1. The van der Waals surface area contributed by atoms with E-state index in [4.69, 9.17) is 16.3 Å². The van der Waals surface area contributed by atoms with E-state index >= 15 is 0 Å². The normalized spacial score (nSPS) is 20.5. The van der Waals surface area contributed by atoms with Gasteiger partial charge in [0.1, 0.15) is 0 Å². The molecule has 1 fully saturated rings. The summed E-state index contributed by atoms with van der Waals surface area (Å²) in [6, 6.07) is 0. The summed E-state index contributed by atoms with van der Waals surface area (Å²) in [4.78, 5) is 11.1. The van der Waals surface area contributed by atoms with Crippen molar-refractivity contribution in [3.63, 3.8) is 0 Å². The fourth-order valence-corrected chi connectivity index (χ4v) is 1.64. The van der Waals surface area contributed by atoms with E-state index in [9.17, 15) is 4.79 Å². The molecule has 1 aliphatic heterocycles. The van der Waals surface area contributed by atoms with Crippen LogP contribution in [0.1, 0.15) is 25.7 Å². The first-order valence-electron chi connectivity index (χ1n) is 4.46. The van der Waals surface area contributed by atoms with E-state index < -0.39 is 11.4 Å². The molecule has 0 aromatic carbocycles. The summed E-state index contributed by atoms with van der Waals surface area (Å²) in [7, 11) is 0. The van der Waals surface area contributed by atoms with Crippen molar-refractivity contribution >= 4 is 5.97 Å². The summed E-state index contributed by atoms with van der Waals surface area (Å²) in [5, 5.41) is 9.09. The van der Waals surface area contributed by atoms with Crippen molar-refractivity contribution in [1.82, 2.24) is 0 Å². The summed E-state index contributed by atoms with van der Waals surface area (Å²) in [6.45, 7) is 1.08. The smallest absolute Gasteiger partial charge is 0.309 e. The van der Waals surface area contributed by atoms with Gasteiger partial charge in [-0.2, -0.15) is 0 Å². The van der Waals surface area contributed by atoms with Gasteiger partial charge in [-0.25, -0.2) is 0 Å². The van der Waals surface area contributed by atoms with E-state index in [0.717, 1.165) is 0 Å². The van der Waals surface area contributed by atoms with Gasteiger partial charge in [-0.15, -0.1) is 12.3 Å². The molecule has 72 valence electrons. The molecule has 3 nitrogen and oxygen atoms in total. The Morgan fingerprint density at radius 2 is 2.15 bits per heavy atom. The van der Waals surface area contributed by atoms with Crippen molar-refractivity contribution in [2.75, 3.05) is 13.2 Å². The Balaban J connectivity index is 2.62. The van der Waals surface area contributed by atoms with E-state index in [1.807, 2.05) is 0 Å². The third-order valence-electron chi connectivity index (χ3n) is 2.65. The van der Waals surface area contributed by atoms with Crippen molar-refractivity contribution in [2.24, 2.45) is 5.41 Å². The van der Waals surface area contributed by atoms with Gasteiger partial charge in [-0.3, -0.25) is 4.79 Å². The average molecular weight is 182 g/mol. The lowest BCUT2D eigenvalue weighted by molar-refractivity contribution is -0.155. The molecule has 0 bridgehead atoms. The Hall–Kier alpha value is -1.01. The number of rotatable bonds is 3.